The maximum atomic E-state index is 13.4. The molecule has 1 saturated carbocycles. The second kappa shape index (κ2) is 4.56. The number of nitrogens with one attached hydrogen (secondary N) is 1. The molecule has 1 aromatic rings. The smallest absolute Gasteiger partial charge is 0.338 e. The van der Waals surface area contributed by atoms with Gasteiger partial charge in [-0.2, -0.15) is 11.8 Å². The lowest BCUT2D eigenvalue weighted by molar-refractivity contribution is 0.0692. The Morgan fingerprint density at radius 2 is 2.29 bits per heavy atom. The fourth-order valence-corrected chi connectivity index (χ4v) is 2.38. The third-order valence-corrected chi connectivity index (χ3v) is 4.47. The van der Waals surface area contributed by atoms with E-state index in [1.807, 2.05) is 11.8 Å². The van der Waals surface area contributed by atoms with Crippen LogP contribution in [0.1, 0.15) is 23.2 Å². The first-order valence-electron chi connectivity index (χ1n) is 5.38. The summed E-state index contributed by atoms with van der Waals surface area (Å²) in [5.41, 5.74) is 0.342. The lowest BCUT2D eigenvalue weighted by atomic mass is 10.2. The maximum Gasteiger partial charge on any atom is 0.338 e. The number of halogens is 1. The molecule has 0 atom stereocenters. The molecule has 0 unspecified atom stereocenters. The normalized spacial score (nSPS) is 16.6. The van der Waals surface area contributed by atoms with Crippen molar-refractivity contribution in [1.82, 2.24) is 0 Å². The van der Waals surface area contributed by atoms with Crippen LogP contribution in [0, 0.1) is 5.82 Å². The highest BCUT2D eigenvalue weighted by Crippen LogP contribution is 2.47. The lowest BCUT2D eigenvalue weighted by Crippen LogP contribution is -2.17. The number of hydrogen-bond donors (Lipinski definition) is 2. The van der Waals surface area contributed by atoms with Crippen LogP contribution in [-0.4, -0.2) is 28.6 Å². The van der Waals surface area contributed by atoms with Gasteiger partial charge in [0, 0.05) is 17.0 Å². The molecule has 0 aromatic heterocycles. The SMILES string of the molecule is CSC1(CNc2ccc(C(=O)O)c(F)c2)CC1. The average Bonchev–Trinajstić information content (AvgIpc) is 3.07. The second-order valence-corrected chi connectivity index (χ2v) is 5.51. The Balaban J connectivity index is 2.03. The van der Waals surface area contributed by atoms with Gasteiger partial charge in [-0.05, 0) is 37.3 Å². The molecule has 1 aliphatic carbocycles. The summed E-state index contributed by atoms with van der Waals surface area (Å²) in [6.07, 6.45) is 4.43. The predicted octanol–water partition coefficient (Wildman–Crippen LogP) is 2.83. The van der Waals surface area contributed by atoms with Crippen LogP contribution in [0.15, 0.2) is 18.2 Å². The summed E-state index contributed by atoms with van der Waals surface area (Å²) < 4.78 is 13.7. The van der Waals surface area contributed by atoms with Gasteiger partial charge in [-0.15, -0.1) is 0 Å². The Morgan fingerprint density at radius 3 is 2.76 bits per heavy atom. The standard InChI is InChI=1S/C12H14FNO2S/c1-17-12(4-5-12)7-14-8-2-3-9(11(15)16)10(13)6-8/h2-3,6,14H,4-5,7H2,1H3,(H,15,16). The number of anilines is 1. The van der Waals surface area contributed by atoms with Gasteiger partial charge in [0.15, 0.2) is 0 Å². The molecule has 0 heterocycles. The number of thioether (sulfide) groups is 1. The lowest BCUT2D eigenvalue weighted by Gasteiger charge is -2.14. The molecule has 0 spiro atoms. The second-order valence-electron chi connectivity index (χ2n) is 4.24. The van der Waals surface area contributed by atoms with Crippen LogP contribution in [0.3, 0.4) is 0 Å². The first-order chi connectivity index (χ1) is 8.06. The summed E-state index contributed by atoms with van der Waals surface area (Å²) in [5.74, 6) is -1.94. The topological polar surface area (TPSA) is 49.3 Å². The molecule has 2 N–H and O–H groups in total. The van der Waals surface area contributed by atoms with Gasteiger partial charge < -0.3 is 10.4 Å². The molecular weight excluding hydrogens is 241 g/mol. The Morgan fingerprint density at radius 1 is 1.59 bits per heavy atom. The largest absolute Gasteiger partial charge is 0.478 e. The van der Waals surface area contributed by atoms with E-state index in [1.165, 1.54) is 25.0 Å². The van der Waals surface area contributed by atoms with E-state index in [0.29, 0.717) is 10.4 Å². The van der Waals surface area contributed by atoms with E-state index in [9.17, 15) is 9.18 Å². The first kappa shape index (κ1) is 12.2. The third kappa shape index (κ3) is 2.72. The van der Waals surface area contributed by atoms with Crippen molar-refractivity contribution in [1.29, 1.82) is 0 Å². The van der Waals surface area contributed by atoms with Crippen molar-refractivity contribution < 1.29 is 14.3 Å². The number of benzene rings is 1. The summed E-state index contributed by atoms with van der Waals surface area (Å²) >= 11 is 1.82. The van der Waals surface area contributed by atoms with Crippen LogP contribution in [-0.2, 0) is 0 Å². The number of carboxylic acid groups (broad SMARTS) is 1. The number of carboxylic acids is 1. The summed E-state index contributed by atoms with van der Waals surface area (Å²) in [7, 11) is 0. The molecule has 1 aromatic carbocycles. The van der Waals surface area contributed by atoms with Gasteiger partial charge in [-0.1, -0.05) is 0 Å². The number of rotatable bonds is 5. The minimum Gasteiger partial charge on any atom is -0.478 e. The van der Waals surface area contributed by atoms with Crippen molar-refractivity contribution in [3.63, 3.8) is 0 Å². The molecule has 0 bridgehead atoms. The minimum absolute atomic E-state index is 0.290. The van der Waals surface area contributed by atoms with Crippen molar-refractivity contribution >= 4 is 23.4 Å². The predicted molar refractivity (Wildman–Crippen MR) is 67.3 cm³/mol. The molecule has 92 valence electrons. The van der Waals surface area contributed by atoms with Gasteiger partial charge in [-0.3, -0.25) is 0 Å². The Bertz CT molecular complexity index is 446. The zero-order chi connectivity index (χ0) is 12.5. The fraction of sp³-hybridized carbons (Fsp3) is 0.417. The van der Waals surface area contributed by atoms with Gasteiger partial charge in [0.25, 0.3) is 0 Å². The quantitative estimate of drug-likeness (QED) is 0.849. The van der Waals surface area contributed by atoms with Crippen molar-refractivity contribution in [2.45, 2.75) is 17.6 Å². The molecule has 0 radical (unpaired) electrons. The van der Waals surface area contributed by atoms with Gasteiger partial charge in [0.2, 0.25) is 0 Å². The Labute approximate surface area is 103 Å². The highest BCUT2D eigenvalue weighted by atomic mass is 32.2. The molecule has 2 rings (SSSR count). The van der Waals surface area contributed by atoms with Crippen molar-refractivity contribution in [2.75, 3.05) is 18.1 Å². The van der Waals surface area contributed by atoms with Crippen LogP contribution >= 0.6 is 11.8 Å². The first-order valence-corrected chi connectivity index (χ1v) is 6.61. The Kier molecular flexibility index (Phi) is 3.28. The Hall–Kier alpha value is -1.23. The highest BCUT2D eigenvalue weighted by Gasteiger charge is 2.41. The van der Waals surface area contributed by atoms with Crippen LogP contribution in [0.5, 0.6) is 0 Å². The highest BCUT2D eigenvalue weighted by molar-refractivity contribution is 8.00. The van der Waals surface area contributed by atoms with Gasteiger partial charge in [-0.25, -0.2) is 9.18 Å². The van der Waals surface area contributed by atoms with Crippen molar-refractivity contribution in [3.8, 4) is 0 Å². The van der Waals surface area contributed by atoms with Crippen molar-refractivity contribution in [2.24, 2.45) is 0 Å². The third-order valence-electron chi connectivity index (χ3n) is 3.05. The van der Waals surface area contributed by atoms with Gasteiger partial charge >= 0.3 is 5.97 Å². The van der Waals surface area contributed by atoms with E-state index in [4.69, 9.17) is 5.11 Å². The van der Waals surface area contributed by atoms with E-state index < -0.39 is 11.8 Å². The summed E-state index contributed by atoms with van der Waals surface area (Å²) in [4.78, 5) is 10.6. The average molecular weight is 255 g/mol. The zero-order valence-electron chi connectivity index (χ0n) is 9.50. The van der Waals surface area contributed by atoms with E-state index in [1.54, 1.807) is 6.07 Å². The molecule has 1 aliphatic rings. The molecule has 5 heteroatoms. The fourth-order valence-electron chi connectivity index (χ4n) is 1.65. The van der Waals surface area contributed by atoms with Gasteiger partial charge in [0.05, 0.1) is 5.56 Å². The van der Waals surface area contributed by atoms with Crippen LogP contribution in [0.4, 0.5) is 10.1 Å². The number of carbonyl (C=O) groups is 1. The van der Waals surface area contributed by atoms with Crippen LogP contribution < -0.4 is 5.32 Å². The minimum atomic E-state index is -1.24. The molecular formula is C12H14FNO2S. The summed E-state index contributed by atoms with van der Waals surface area (Å²) in [5, 5.41) is 11.9. The molecule has 0 aliphatic heterocycles. The van der Waals surface area contributed by atoms with E-state index >= 15 is 0 Å². The number of aromatic carboxylic acids is 1. The van der Waals surface area contributed by atoms with Crippen LogP contribution in [0.2, 0.25) is 0 Å². The zero-order valence-corrected chi connectivity index (χ0v) is 10.3. The van der Waals surface area contributed by atoms with Crippen molar-refractivity contribution in [3.05, 3.63) is 29.6 Å². The summed E-state index contributed by atoms with van der Waals surface area (Å²) in [6.45, 7) is 0.792. The molecule has 0 amide bonds. The maximum absolute atomic E-state index is 13.4. The van der Waals surface area contributed by atoms with E-state index in [0.717, 1.165) is 6.54 Å². The van der Waals surface area contributed by atoms with E-state index in [-0.39, 0.29) is 5.56 Å². The van der Waals surface area contributed by atoms with E-state index in [2.05, 4.69) is 11.6 Å². The van der Waals surface area contributed by atoms with Crippen LogP contribution in [0.25, 0.3) is 0 Å². The molecule has 3 nitrogen and oxygen atoms in total. The monoisotopic (exact) mass is 255 g/mol. The molecule has 1 fully saturated rings. The number of hydrogen-bond acceptors (Lipinski definition) is 3. The summed E-state index contributed by atoms with van der Waals surface area (Å²) in [6, 6.07) is 4.13. The molecule has 0 saturated heterocycles. The molecule has 17 heavy (non-hydrogen) atoms. The van der Waals surface area contributed by atoms with Gasteiger partial charge in [0.1, 0.15) is 5.82 Å².